The van der Waals surface area contributed by atoms with E-state index in [2.05, 4.69) is 5.32 Å². The van der Waals surface area contributed by atoms with Crippen molar-refractivity contribution in [2.45, 2.75) is 19.5 Å². The molecular weight excluding hydrogens is 362 g/mol. The second-order valence-corrected chi connectivity index (χ2v) is 7.42. The fourth-order valence-electron chi connectivity index (χ4n) is 4.39. The second kappa shape index (κ2) is 6.21. The van der Waals surface area contributed by atoms with Crippen LogP contribution >= 0.6 is 0 Å². The third-order valence-electron chi connectivity index (χ3n) is 5.76. The van der Waals surface area contributed by atoms with Crippen LogP contribution in [0.15, 0.2) is 72.8 Å². The lowest BCUT2D eigenvalue weighted by Gasteiger charge is -2.45. The molecule has 0 aromatic heterocycles. The van der Waals surface area contributed by atoms with E-state index in [1.54, 1.807) is 15.9 Å². The van der Waals surface area contributed by atoms with Crippen LogP contribution in [0.4, 0.5) is 17.1 Å². The maximum atomic E-state index is 13.8. The van der Waals surface area contributed by atoms with Gasteiger partial charge in [0.1, 0.15) is 0 Å². The summed E-state index contributed by atoms with van der Waals surface area (Å²) >= 11 is 0. The van der Waals surface area contributed by atoms with Crippen molar-refractivity contribution in [3.63, 3.8) is 0 Å². The molecule has 0 aliphatic carbocycles. The summed E-state index contributed by atoms with van der Waals surface area (Å²) in [6, 6.07) is 22.8. The van der Waals surface area contributed by atoms with Crippen LogP contribution in [0.1, 0.15) is 28.4 Å². The van der Waals surface area contributed by atoms with Gasteiger partial charge in [-0.05, 0) is 44.2 Å². The van der Waals surface area contributed by atoms with Gasteiger partial charge >= 0.3 is 0 Å². The highest BCUT2D eigenvalue weighted by Gasteiger charge is 2.59. The maximum absolute atomic E-state index is 13.8. The van der Waals surface area contributed by atoms with Crippen LogP contribution in [-0.4, -0.2) is 18.4 Å². The smallest absolute Gasteiger partial charge is 0.279 e. The van der Waals surface area contributed by atoms with Crippen LogP contribution in [0.3, 0.4) is 0 Å². The molecule has 2 aliphatic rings. The van der Waals surface area contributed by atoms with E-state index in [1.807, 2.05) is 80.6 Å². The van der Waals surface area contributed by atoms with Crippen molar-refractivity contribution in [2.75, 3.05) is 21.7 Å². The molecule has 5 nitrogen and oxygen atoms in total. The summed E-state index contributed by atoms with van der Waals surface area (Å²) in [6.45, 7) is 4.47. The van der Waals surface area contributed by atoms with Gasteiger partial charge in [0.2, 0.25) is 5.66 Å². The van der Waals surface area contributed by atoms with Crippen molar-refractivity contribution in [3.8, 4) is 0 Å². The minimum absolute atomic E-state index is 0.148. The first-order chi connectivity index (χ1) is 14.1. The Kier molecular flexibility index (Phi) is 3.74. The van der Waals surface area contributed by atoms with E-state index in [0.29, 0.717) is 23.5 Å². The Morgan fingerprint density at radius 3 is 2.34 bits per heavy atom. The monoisotopic (exact) mass is 383 g/mol. The van der Waals surface area contributed by atoms with Crippen molar-refractivity contribution < 1.29 is 9.59 Å². The molecular formula is C24H21N3O2. The number of anilines is 3. The molecule has 0 fully saturated rings. The normalized spacial score (nSPS) is 19.9. The molecule has 0 saturated carbocycles. The number of carbonyl (C=O) groups is 2. The van der Waals surface area contributed by atoms with Crippen LogP contribution in [0.5, 0.6) is 0 Å². The molecule has 29 heavy (non-hydrogen) atoms. The molecule has 5 heteroatoms. The van der Waals surface area contributed by atoms with Crippen LogP contribution in [0.25, 0.3) is 0 Å². The van der Waals surface area contributed by atoms with Gasteiger partial charge in [0.05, 0.1) is 11.3 Å². The standard InChI is InChI=1S/C24H21N3O2/c1-3-26-21-11-7-5-9-19(21)24(23(26)29)25-20-10-6-4-8-18(20)22(28)27(24)17-14-12-16(2)13-15-17/h4-15,25H,3H2,1-2H3/t24-/m0/s1. The fourth-order valence-corrected chi connectivity index (χ4v) is 4.39. The zero-order valence-electron chi connectivity index (χ0n) is 16.3. The Labute approximate surface area is 169 Å². The number of rotatable bonds is 2. The van der Waals surface area contributed by atoms with Crippen molar-refractivity contribution in [1.82, 2.24) is 0 Å². The minimum Gasteiger partial charge on any atom is -0.350 e. The number of nitrogens with zero attached hydrogens (tertiary/aromatic N) is 2. The van der Waals surface area contributed by atoms with Crippen LogP contribution < -0.4 is 15.1 Å². The number of fused-ring (bicyclic) bond motifs is 3. The molecule has 5 rings (SSSR count). The third kappa shape index (κ3) is 2.27. The van der Waals surface area contributed by atoms with Crippen LogP contribution in [0, 0.1) is 6.92 Å². The van der Waals surface area contributed by atoms with Crippen LogP contribution in [0.2, 0.25) is 0 Å². The molecule has 1 spiro atoms. The number of hydrogen-bond donors (Lipinski definition) is 1. The SMILES string of the molecule is CCN1C(=O)[C@]2(Nc3ccccc3C(=O)N2c2ccc(C)cc2)c2ccccc21. The fraction of sp³-hybridized carbons (Fsp3) is 0.167. The number of hydrogen-bond acceptors (Lipinski definition) is 3. The number of aryl methyl sites for hydroxylation is 1. The number of carbonyl (C=O) groups excluding carboxylic acids is 2. The first-order valence-electron chi connectivity index (χ1n) is 9.78. The average molecular weight is 383 g/mol. The molecule has 3 aromatic rings. The molecule has 0 saturated heterocycles. The number of likely N-dealkylation sites (N-methyl/N-ethyl adjacent to an activating group) is 1. The molecule has 2 aliphatic heterocycles. The predicted molar refractivity (Wildman–Crippen MR) is 114 cm³/mol. The Balaban J connectivity index is 1.83. The zero-order valence-corrected chi connectivity index (χ0v) is 16.3. The summed E-state index contributed by atoms with van der Waals surface area (Å²) in [5.74, 6) is -0.339. The lowest BCUT2D eigenvalue weighted by atomic mass is 9.92. The van der Waals surface area contributed by atoms with E-state index in [1.165, 1.54) is 0 Å². The van der Waals surface area contributed by atoms with E-state index < -0.39 is 5.66 Å². The number of amides is 2. The highest BCUT2D eigenvalue weighted by molar-refractivity contribution is 6.22. The predicted octanol–water partition coefficient (Wildman–Crippen LogP) is 4.29. The Bertz CT molecular complexity index is 1140. The Hall–Kier alpha value is -3.60. The zero-order chi connectivity index (χ0) is 20.2. The molecule has 0 unspecified atom stereocenters. The van der Waals surface area contributed by atoms with Gasteiger partial charge < -0.3 is 10.2 Å². The van der Waals surface area contributed by atoms with Crippen molar-refractivity contribution >= 4 is 28.9 Å². The number of nitrogens with one attached hydrogen (secondary N) is 1. The van der Waals surface area contributed by atoms with Gasteiger partial charge in [0.15, 0.2) is 0 Å². The maximum Gasteiger partial charge on any atom is 0.279 e. The van der Waals surface area contributed by atoms with Gasteiger partial charge in [-0.15, -0.1) is 0 Å². The van der Waals surface area contributed by atoms with E-state index in [9.17, 15) is 9.59 Å². The van der Waals surface area contributed by atoms with E-state index >= 15 is 0 Å². The largest absolute Gasteiger partial charge is 0.350 e. The van der Waals surface area contributed by atoms with E-state index in [4.69, 9.17) is 0 Å². The molecule has 0 bridgehead atoms. The topological polar surface area (TPSA) is 52.7 Å². The summed E-state index contributed by atoms with van der Waals surface area (Å²) in [6.07, 6.45) is 0. The van der Waals surface area contributed by atoms with Crippen LogP contribution in [-0.2, 0) is 10.5 Å². The van der Waals surface area contributed by atoms with E-state index in [0.717, 1.165) is 16.8 Å². The van der Waals surface area contributed by atoms with Gasteiger partial charge in [0, 0.05) is 23.5 Å². The minimum atomic E-state index is -1.31. The van der Waals surface area contributed by atoms with Crippen molar-refractivity contribution in [2.24, 2.45) is 0 Å². The summed E-state index contributed by atoms with van der Waals surface area (Å²) in [5.41, 5.74) is 3.30. The lowest BCUT2D eigenvalue weighted by Crippen LogP contribution is -2.63. The average Bonchev–Trinajstić information content (AvgIpc) is 2.97. The Morgan fingerprint density at radius 1 is 0.897 bits per heavy atom. The summed E-state index contributed by atoms with van der Waals surface area (Å²) < 4.78 is 0. The molecule has 1 N–H and O–H groups in total. The van der Waals surface area contributed by atoms with Gasteiger partial charge in [-0.1, -0.05) is 48.0 Å². The molecule has 1 atom stereocenters. The lowest BCUT2D eigenvalue weighted by molar-refractivity contribution is -0.122. The highest BCUT2D eigenvalue weighted by atomic mass is 16.2. The van der Waals surface area contributed by atoms with Gasteiger partial charge in [0.25, 0.3) is 11.8 Å². The third-order valence-corrected chi connectivity index (χ3v) is 5.76. The number of para-hydroxylation sites is 2. The first-order valence-corrected chi connectivity index (χ1v) is 9.78. The molecule has 2 amide bonds. The Morgan fingerprint density at radius 2 is 1.59 bits per heavy atom. The molecule has 144 valence electrons. The van der Waals surface area contributed by atoms with Gasteiger partial charge in [-0.2, -0.15) is 0 Å². The highest BCUT2D eigenvalue weighted by Crippen LogP contribution is 2.49. The molecule has 2 heterocycles. The van der Waals surface area contributed by atoms with Crippen molar-refractivity contribution in [3.05, 3.63) is 89.5 Å². The van der Waals surface area contributed by atoms with E-state index in [-0.39, 0.29) is 11.8 Å². The van der Waals surface area contributed by atoms with Gasteiger partial charge in [-0.3, -0.25) is 14.5 Å². The summed E-state index contributed by atoms with van der Waals surface area (Å²) in [5, 5.41) is 3.45. The molecule has 0 radical (unpaired) electrons. The van der Waals surface area contributed by atoms with Crippen molar-refractivity contribution in [1.29, 1.82) is 0 Å². The molecule has 3 aromatic carbocycles. The number of benzene rings is 3. The first kappa shape index (κ1) is 17.5. The quantitative estimate of drug-likeness (QED) is 0.718. The second-order valence-electron chi connectivity index (χ2n) is 7.42. The van der Waals surface area contributed by atoms with Gasteiger partial charge in [-0.25, -0.2) is 0 Å². The summed E-state index contributed by atoms with van der Waals surface area (Å²) in [7, 11) is 0. The summed E-state index contributed by atoms with van der Waals surface area (Å²) in [4.78, 5) is 30.9.